The summed E-state index contributed by atoms with van der Waals surface area (Å²) in [5.74, 6) is -2.59. The lowest BCUT2D eigenvalue weighted by Crippen LogP contribution is -2.35. The zero-order chi connectivity index (χ0) is 19.4. The van der Waals surface area contributed by atoms with E-state index in [1.807, 2.05) is 4.98 Å². The van der Waals surface area contributed by atoms with Gasteiger partial charge in [-0.15, -0.1) is 0 Å². The molecule has 0 saturated carbocycles. The number of ketones is 1. The second-order valence-electron chi connectivity index (χ2n) is 4.98. The molecule has 0 saturated heterocycles. The fourth-order valence-corrected chi connectivity index (χ4v) is 1.99. The zero-order valence-electron chi connectivity index (χ0n) is 13.3. The molecule has 26 heavy (non-hydrogen) atoms. The molecule has 2 aromatic rings. The Morgan fingerprint density at radius 3 is 2.65 bits per heavy atom. The molecule has 9 nitrogen and oxygen atoms in total. The smallest absolute Gasteiger partial charge is 0.387 e. The molecular weight excluding hydrogens is 356 g/mol. The Bertz CT molecular complexity index is 967. The molecule has 0 radical (unpaired) electrons. The van der Waals surface area contributed by atoms with E-state index < -0.39 is 41.8 Å². The van der Waals surface area contributed by atoms with Crippen LogP contribution in [-0.4, -0.2) is 34.5 Å². The number of hydrogen-bond donors (Lipinski definition) is 2. The third-order valence-corrected chi connectivity index (χ3v) is 3.28. The summed E-state index contributed by atoms with van der Waals surface area (Å²) in [6.07, 6.45) is 0. The van der Waals surface area contributed by atoms with Gasteiger partial charge < -0.3 is 15.2 Å². The molecule has 1 heterocycles. The summed E-state index contributed by atoms with van der Waals surface area (Å²) in [5.41, 5.74) is 3.07. The second-order valence-corrected chi connectivity index (χ2v) is 4.98. The molecular formula is C15H13F2N3O6. The average Bonchev–Trinajstić information content (AvgIpc) is 2.57. The topological polar surface area (TPSA) is 133 Å². The highest BCUT2D eigenvalue weighted by Gasteiger charge is 2.20. The number of halogens is 2. The van der Waals surface area contributed by atoms with E-state index in [0.29, 0.717) is 0 Å². The van der Waals surface area contributed by atoms with E-state index in [1.165, 1.54) is 25.2 Å². The lowest BCUT2D eigenvalue weighted by atomic mass is 10.2. The molecule has 0 spiro atoms. The van der Waals surface area contributed by atoms with Gasteiger partial charge in [-0.1, -0.05) is 6.07 Å². The van der Waals surface area contributed by atoms with Crippen LogP contribution in [0.3, 0.4) is 0 Å². The number of benzene rings is 1. The van der Waals surface area contributed by atoms with E-state index in [0.717, 1.165) is 10.6 Å². The fraction of sp³-hybridized carbons (Fsp3) is 0.200. The normalized spacial score (nSPS) is 10.6. The Morgan fingerprint density at radius 2 is 2.00 bits per heavy atom. The van der Waals surface area contributed by atoms with E-state index in [4.69, 9.17) is 10.5 Å². The summed E-state index contributed by atoms with van der Waals surface area (Å²) in [5, 5.41) is 0. The molecule has 0 fully saturated rings. The van der Waals surface area contributed by atoms with Gasteiger partial charge in [0.2, 0.25) is 5.78 Å². The highest BCUT2D eigenvalue weighted by molar-refractivity contribution is 6.02. The van der Waals surface area contributed by atoms with Gasteiger partial charge in [-0.2, -0.15) is 8.78 Å². The first-order valence-electron chi connectivity index (χ1n) is 7.04. The number of Topliss-reactive ketones (excluding diaryl/α,β-unsaturated/α-hetero) is 1. The number of alkyl halides is 2. The van der Waals surface area contributed by atoms with Gasteiger partial charge in [-0.3, -0.25) is 19.1 Å². The summed E-state index contributed by atoms with van der Waals surface area (Å²) in [4.78, 5) is 49.0. The van der Waals surface area contributed by atoms with Crippen molar-refractivity contribution in [2.24, 2.45) is 7.05 Å². The number of esters is 1. The van der Waals surface area contributed by atoms with Crippen LogP contribution in [0.5, 0.6) is 5.75 Å². The predicted molar refractivity (Wildman–Crippen MR) is 84.4 cm³/mol. The number of ether oxygens (including phenoxy) is 2. The molecule has 11 heteroatoms. The van der Waals surface area contributed by atoms with Gasteiger partial charge in [0, 0.05) is 7.05 Å². The van der Waals surface area contributed by atoms with E-state index in [-0.39, 0.29) is 17.1 Å². The maximum atomic E-state index is 12.2. The van der Waals surface area contributed by atoms with Crippen molar-refractivity contribution in [2.45, 2.75) is 6.61 Å². The highest BCUT2D eigenvalue weighted by Crippen LogP contribution is 2.16. The number of hydrogen-bond acceptors (Lipinski definition) is 7. The lowest BCUT2D eigenvalue weighted by Gasteiger charge is -2.09. The third kappa shape index (κ3) is 4.12. The molecule has 0 aliphatic rings. The number of anilines is 1. The molecule has 0 aliphatic heterocycles. The van der Waals surface area contributed by atoms with Gasteiger partial charge in [-0.05, 0) is 18.2 Å². The van der Waals surface area contributed by atoms with Crippen molar-refractivity contribution < 1.29 is 27.8 Å². The van der Waals surface area contributed by atoms with Crippen molar-refractivity contribution in [1.29, 1.82) is 0 Å². The van der Waals surface area contributed by atoms with Crippen molar-refractivity contribution in [1.82, 2.24) is 9.55 Å². The molecule has 0 atom stereocenters. The summed E-state index contributed by atoms with van der Waals surface area (Å²) < 4.78 is 34.1. The third-order valence-electron chi connectivity index (χ3n) is 3.28. The van der Waals surface area contributed by atoms with Crippen molar-refractivity contribution in [3.63, 3.8) is 0 Å². The SMILES string of the molecule is Cn1c(N)c(C(=O)COC(=O)c2cccc(OC(F)F)c2)c(=O)[nH]c1=O. The highest BCUT2D eigenvalue weighted by atomic mass is 19.3. The van der Waals surface area contributed by atoms with Crippen LogP contribution in [0.15, 0.2) is 33.9 Å². The van der Waals surface area contributed by atoms with Crippen LogP contribution in [0.4, 0.5) is 14.6 Å². The molecule has 0 amide bonds. The average molecular weight is 369 g/mol. The molecule has 0 unspecified atom stereocenters. The van der Waals surface area contributed by atoms with Crippen molar-refractivity contribution in [2.75, 3.05) is 12.3 Å². The van der Waals surface area contributed by atoms with Gasteiger partial charge in [0.05, 0.1) is 5.56 Å². The first kappa shape index (κ1) is 18.8. The Morgan fingerprint density at radius 1 is 1.31 bits per heavy atom. The number of nitrogens with zero attached hydrogens (tertiary/aromatic N) is 1. The lowest BCUT2D eigenvalue weighted by molar-refractivity contribution is -0.0499. The zero-order valence-corrected chi connectivity index (χ0v) is 13.3. The van der Waals surface area contributed by atoms with E-state index in [2.05, 4.69) is 4.74 Å². The Hall–Kier alpha value is -3.50. The summed E-state index contributed by atoms with van der Waals surface area (Å²) in [6, 6.07) is 4.76. The number of aromatic amines is 1. The summed E-state index contributed by atoms with van der Waals surface area (Å²) >= 11 is 0. The molecule has 1 aromatic carbocycles. The summed E-state index contributed by atoms with van der Waals surface area (Å²) in [6.45, 7) is -3.91. The largest absolute Gasteiger partial charge is 0.454 e. The monoisotopic (exact) mass is 369 g/mol. The molecule has 2 rings (SSSR count). The van der Waals surface area contributed by atoms with Crippen LogP contribution < -0.4 is 21.7 Å². The maximum Gasteiger partial charge on any atom is 0.387 e. The molecule has 3 N–H and O–H groups in total. The maximum absolute atomic E-state index is 12.2. The van der Waals surface area contributed by atoms with Crippen molar-refractivity contribution in [3.8, 4) is 5.75 Å². The number of H-pyrrole nitrogens is 1. The van der Waals surface area contributed by atoms with Crippen LogP contribution in [0.2, 0.25) is 0 Å². The number of nitrogens with one attached hydrogen (secondary N) is 1. The van der Waals surface area contributed by atoms with Crippen LogP contribution in [0.1, 0.15) is 20.7 Å². The standard InChI is InChI=1S/C15H13F2N3O6/c1-20-11(18)10(12(22)19-15(20)24)9(21)6-25-13(23)7-3-2-4-8(5-7)26-14(16)17/h2-5,14H,6,18H2,1H3,(H,19,22,24). The first-order valence-corrected chi connectivity index (χ1v) is 7.04. The number of carbonyl (C=O) groups excluding carboxylic acids is 2. The Kier molecular flexibility index (Phi) is 5.50. The van der Waals surface area contributed by atoms with Gasteiger partial charge in [0.1, 0.15) is 17.1 Å². The number of aromatic nitrogens is 2. The van der Waals surface area contributed by atoms with Gasteiger partial charge in [0.25, 0.3) is 5.56 Å². The fourth-order valence-electron chi connectivity index (χ4n) is 1.99. The minimum absolute atomic E-state index is 0.140. The molecule has 0 aliphatic carbocycles. The Labute approximate surface area is 144 Å². The van der Waals surface area contributed by atoms with Crippen molar-refractivity contribution >= 4 is 17.6 Å². The molecule has 1 aromatic heterocycles. The molecule has 0 bridgehead atoms. The number of carbonyl (C=O) groups is 2. The van der Waals surface area contributed by atoms with Gasteiger partial charge in [0.15, 0.2) is 6.61 Å². The van der Waals surface area contributed by atoms with Gasteiger partial charge in [-0.25, -0.2) is 9.59 Å². The second kappa shape index (κ2) is 7.59. The number of nitrogen functional groups attached to an aromatic ring is 1. The van der Waals surface area contributed by atoms with Crippen LogP contribution in [-0.2, 0) is 11.8 Å². The Balaban J connectivity index is 2.13. The molecule has 138 valence electrons. The van der Waals surface area contributed by atoms with Crippen LogP contribution in [0.25, 0.3) is 0 Å². The number of nitrogens with two attached hydrogens (primary N) is 1. The summed E-state index contributed by atoms with van der Waals surface area (Å²) in [7, 11) is 1.24. The van der Waals surface area contributed by atoms with Crippen molar-refractivity contribution in [3.05, 3.63) is 56.2 Å². The quantitative estimate of drug-likeness (QED) is 0.552. The van der Waals surface area contributed by atoms with E-state index >= 15 is 0 Å². The predicted octanol–water partition coefficient (Wildman–Crippen LogP) is 0.297. The first-order chi connectivity index (χ1) is 12.2. The van der Waals surface area contributed by atoms with E-state index in [9.17, 15) is 28.0 Å². The number of rotatable bonds is 6. The van der Waals surface area contributed by atoms with E-state index in [1.54, 1.807) is 0 Å². The minimum atomic E-state index is -3.07. The van der Waals surface area contributed by atoms with Crippen LogP contribution >= 0.6 is 0 Å². The van der Waals surface area contributed by atoms with Gasteiger partial charge >= 0.3 is 18.3 Å². The van der Waals surface area contributed by atoms with Crippen LogP contribution in [0, 0.1) is 0 Å². The minimum Gasteiger partial charge on any atom is -0.454 e.